The Kier molecular flexibility index (Phi) is 9.49. The molecule has 1 aromatic carbocycles. The number of ether oxygens (including phenoxy) is 1. The van der Waals surface area contributed by atoms with Gasteiger partial charge >= 0.3 is 12.1 Å². The number of aromatic nitrogens is 2. The Bertz CT molecular complexity index is 1210. The fourth-order valence-electron chi connectivity index (χ4n) is 4.41. The lowest BCUT2D eigenvalue weighted by Crippen LogP contribution is -2.34. The number of aliphatic carboxylic acids is 1. The van der Waals surface area contributed by atoms with Crippen LogP contribution in [0.15, 0.2) is 24.3 Å². The molecule has 1 fully saturated rings. The number of hydrogen-bond donors (Lipinski definition) is 2. The van der Waals surface area contributed by atoms with Crippen molar-refractivity contribution in [2.75, 3.05) is 13.2 Å². The minimum absolute atomic E-state index is 0.00692. The molecule has 1 amide bonds. The smallest absolute Gasteiger partial charge is 0.416 e. The van der Waals surface area contributed by atoms with Crippen molar-refractivity contribution in [2.45, 2.75) is 64.8 Å². The summed E-state index contributed by atoms with van der Waals surface area (Å²) in [5, 5.41) is 12.1. The van der Waals surface area contributed by atoms with Crippen LogP contribution < -0.4 is 5.32 Å². The summed E-state index contributed by atoms with van der Waals surface area (Å²) in [6.45, 7) is 6.16. The van der Waals surface area contributed by atoms with Gasteiger partial charge in [0.05, 0.1) is 18.0 Å². The summed E-state index contributed by atoms with van der Waals surface area (Å²) in [7, 11) is 0. The van der Waals surface area contributed by atoms with E-state index >= 15 is 0 Å². The summed E-state index contributed by atoms with van der Waals surface area (Å²) in [6.07, 6.45) is -2.00. The van der Waals surface area contributed by atoms with Crippen LogP contribution in [0.1, 0.15) is 73.8 Å². The van der Waals surface area contributed by atoms with Gasteiger partial charge in [0.25, 0.3) is 5.91 Å². The molecule has 7 nitrogen and oxygen atoms in total. The van der Waals surface area contributed by atoms with E-state index in [2.05, 4.69) is 22.1 Å². The van der Waals surface area contributed by atoms with Crippen molar-refractivity contribution >= 4 is 23.5 Å². The standard InChI is InChI=1S/C27H31ClF3N3O4/c1-4-38-26(2,3)14-13-21-22(23(35)32-15-17-5-9-19(10-6-17)24(36)37)34(25(28)33-21)16-18-7-11-20(12-8-18)27(29,30)31/h7-8,11-12,17,19H,4-6,9-10,15-16H2,1-3H3,(H,32,35)(H,36,37)/t17-,19-. The number of amides is 1. The van der Waals surface area contributed by atoms with E-state index in [1.165, 1.54) is 16.7 Å². The highest BCUT2D eigenvalue weighted by Gasteiger charge is 2.30. The number of benzene rings is 1. The van der Waals surface area contributed by atoms with Gasteiger partial charge < -0.3 is 19.7 Å². The first kappa shape index (κ1) is 29.5. The average molecular weight is 554 g/mol. The number of carboxylic acid groups (broad SMARTS) is 1. The lowest BCUT2D eigenvalue weighted by Gasteiger charge is -2.26. The highest BCUT2D eigenvalue weighted by molar-refractivity contribution is 6.29. The van der Waals surface area contributed by atoms with Crippen molar-refractivity contribution in [1.82, 2.24) is 14.9 Å². The van der Waals surface area contributed by atoms with Gasteiger partial charge in [-0.25, -0.2) is 4.98 Å². The topological polar surface area (TPSA) is 93.5 Å². The van der Waals surface area contributed by atoms with E-state index in [1.807, 2.05) is 6.92 Å². The fourth-order valence-corrected chi connectivity index (χ4v) is 4.64. The van der Waals surface area contributed by atoms with Gasteiger partial charge in [0.2, 0.25) is 5.28 Å². The van der Waals surface area contributed by atoms with E-state index in [0.717, 1.165) is 12.1 Å². The molecule has 1 saturated carbocycles. The van der Waals surface area contributed by atoms with Crippen molar-refractivity contribution in [3.05, 3.63) is 52.1 Å². The molecule has 0 spiro atoms. The third-order valence-electron chi connectivity index (χ3n) is 6.49. The van der Waals surface area contributed by atoms with Crippen molar-refractivity contribution in [3.8, 4) is 11.8 Å². The third-order valence-corrected chi connectivity index (χ3v) is 6.78. The highest BCUT2D eigenvalue weighted by Crippen LogP contribution is 2.30. The zero-order valence-corrected chi connectivity index (χ0v) is 22.2. The second-order valence-corrected chi connectivity index (χ2v) is 10.2. The molecule has 1 aliphatic carbocycles. The molecule has 2 aromatic rings. The van der Waals surface area contributed by atoms with Gasteiger partial charge in [-0.3, -0.25) is 9.59 Å². The Hall–Kier alpha value is -3.03. The third kappa shape index (κ3) is 7.74. The summed E-state index contributed by atoms with van der Waals surface area (Å²) in [4.78, 5) is 28.8. The Morgan fingerprint density at radius 2 is 1.82 bits per heavy atom. The normalized spacial score (nSPS) is 18.0. The highest BCUT2D eigenvalue weighted by atomic mass is 35.5. The lowest BCUT2D eigenvalue weighted by molar-refractivity contribution is -0.143. The molecular formula is C27H31ClF3N3O4. The summed E-state index contributed by atoms with van der Waals surface area (Å²) < 4.78 is 45.9. The van der Waals surface area contributed by atoms with E-state index in [9.17, 15) is 27.9 Å². The SMILES string of the molecule is CCOC(C)(C)C#Cc1nc(Cl)n(Cc2ccc(C(F)(F)F)cc2)c1C(=O)NC[C@H]1CC[C@H](C(=O)O)CC1. The molecule has 0 radical (unpaired) electrons. The van der Waals surface area contributed by atoms with Crippen LogP contribution in [0.25, 0.3) is 0 Å². The van der Waals surface area contributed by atoms with Gasteiger partial charge in [-0.05, 0) is 87.6 Å². The molecule has 0 saturated heterocycles. The monoisotopic (exact) mass is 553 g/mol. The Morgan fingerprint density at radius 3 is 2.37 bits per heavy atom. The molecule has 2 N–H and O–H groups in total. The van der Waals surface area contributed by atoms with Gasteiger partial charge in [-0.1, -0.05) is 18.1 Å². The van der Waals surface area contributed by atoms with Crippen LogP contribution in [-0.4, -0.2) is 45.3 Å². The molecule has 1 heterocycles. The van der Waals surface area contributed by atoms with Crippen LogP contribution in [0.3, 0.4) is 0 Å². The van der Waals surface area contributed by atoms with E-state index in [0.29, 0.717) is 44.4 Å². The van der Waals surface area contributed by atoms with E-state index in [-0.39, 0.29) is 35.1 Å². The quantitative estimate of drug-likeness (QED) is 0.428. The molecule has 1 aliphatic rings. The second-order valence-electron chi connectivity index (χ2n) is 9.82. The molecule has 0 bridgehead atoms. The molecule has 206 valence electrons. The van der Waals surface area contributed by atoms with Crippen molar-refractivity contribution in [3.63, 3.8) is 0 Å². The molecule has 0 aliphatic heterocycles. The molecule has 1 aromatic heterocycles. The maximum Gasteiger partial charge on any atom is 0.416 e. The fraction of sp³-hybridized carbons (Fsp3) is 0.519. The van der Waals surface area contributed by atoms with Crippen molar-refractivity contribution < 1.29 is 32.6 Å². The maximum atomic E-state index is 13.4. The largest absolute Gasteiger partial charge is 0.481 e. The number of nitrogens with zero attached hydrogens (tertiary/aromatic N) is 2. The first-order valence-electron chi connectivity index (χ1n) is 12.4. The Balaban J connectivity index is 1.87. The predicted molar refractivity (Wildman–Crippen MR) is 136 cm³/mol. The van der Waals surface area contributed by atoms with Crippen LogP contribution >= 0.6 is 11.6 Å². The average Bonchev–Trinajstić information content (AvgIpc) is 3.16. The number of imidazole rings is 1. The predicted octanol–water partition coefficient (Wildman–Crippen LogP) is 5.39. The van der Waals surface area contributed by atoms with Gasteiger partial charge in [0.1, 0.15) is 17.0 Å². The summed E-state index contributed by atoms with van der Waals surface area (Å²) in [5.41, 5.74) is -0.879. The summed E-state index contributed by atoms with van der Waals surface area (Å²) in [5.74, 6) is 4.33. The van der Waals surface area contributed by atoms with Gasteiger partial charge in [-0.15, -0.1) is 0 Å². The zero-order chi connectivity index (χ0) is 28.1. The van der Waals surface area contributed by atoms with Crippen molar-refractivity contribution in [1.29, 1.82) is 0 Å². The number of alkyl halides is 3. The lowest BCUT2D eigenvalue weighted by atomic mass is 9.82. The summed E-state index contributed by atoms with van der Waals surface area (Å²) in [6, 6.07) is 4.59. The Labute approximate surface area is 224 Å². The number of carbonyl (C=O) groups excluding carboxylic acids is 1. The van der Waals surface area contributed by atoms with Crippen LogP contribution in [0.4, 0.5) is 13.2 Å². The van der Waals surface area contributed by atoms with Gasteiger partial charge in [0, 0.05) is 13.2 Å². The van der Waals surface area contributed by atoms with Crippen molar-refractivity contribution in [2.24, 2.45) is 11.8 Å². The maximum absolute atomic E-state index is 13.4. The minimum atomic E-state index is -4.46. The Morgan fingerprint density at radius 1 is 1.18 bits per heavy atom. The van der Waals surface area contributed by atoms with E-state index in [4.69, 9.17) is 16.3 Å². The van der Waals surface area contributed by atoms with Crippen LogP contribution in [0, 0.1) is 23.7 Å². The number of rotatable bonds is 8. The van der Waals surface area contributed by atoms with Crippen LogP contribution in [-0.2, 0) is 22.3 Å². The first-order chi connectivity index (χ1) is 17.8. The number of carbonyl (C=O) groups is 2. The number of hydrogen-bond acceptors (Lipinski definition) is 4. The number of nitrogens with one attached hydrogen (secondary N) is 1. The van der Waals surface area contributed by atoms with E-state index in [1.54, 1.807) is 13.8 Å². The first-order valence-corrected chi connectivity index (χ1v) is 12.8. The molecular weight excluding hydrogens is 523 g/mol. The molecule has 38 heavy (non-hydrogen) atoms. The number of halogens is 4. The minimum Gasteiger partial charge on any atom is -0.481 e. The molecule has 0 atom stereocenters. The number of carboxylic acids is 1. The second kappa shape index (κ2) is 12.2. The van der Waals surface area contributed by atoms with E-state index < -0.39 is 29.2 Å². The zero-order valence-electron chi connectivity index (χ0n) is 21.5. The van der Waals surface area contributed by atoms with Gasteiger partial charge in [0.15, 0.2) is 0 Å². The summed E-state index contributed by atoms with van der Waals surface area (Å²) >= 11 is 6.39. The van der Waals surface area contributed by atoms with Gasteiger partial charge in [-0.2, -0.15) is 13.2 Å². The van der Waals surface area contributed by atoms with Crippen LogP contribution in [0.2, 0.25) is 5.28 Å². The van der Waals surface area contributed by atoms with Crippen LogP contribution in [0.5, 0.6) is 0 Å². The molecule has 3 rings (SSSR count). The molecule has 0 unspecified atom stereocenters. The molecule has 11 heteroatoms.